The first-order valence-corrected chi connectivity index (χ1v) is 12.6. The maximum absolute atomic E-state index is 11.4. The van der Waals surface area contributed by atoms with Crippen molar-refractivity contribution in [1.29, 1.82) is 0 Å². The standard InChI is InChI=1S/C14H20O9S.C6H15P.Au/c1-6(15)19-5-10-11(20-7(2)16)12(21-8(3)17)13(14(24)23-10)22-9(4)18;1-4-7(5-2)6-3;/h10-14,24H,5H2,1-4H3;4-6H2,1-3H3;/q;;+3/t10-,11-,12+,13-,14+;;/m1../s1. The summed E-state index contributed by atoms with van der Waals surface area (Å²) in [6, 6.07) is 0. The Kier molecular flexibility index (Phi) is 18.6. The van der Waals surface area contributed by atoms with E-state index in [0.29, 0.717) is 7.92 Å². The van der Waals surface area contributed by atoms with Crippen molar-refractivity contribution >= 4 is 44.4 Å². The third-order valence-electron chi connectivity index (χ3n) is 4.31. The minimum atomic E-state index is -1.16. The first kappa shape index (κ1) is 33.5. The van der Waals surface area contributed by atoms with Crippen LogP contribution in [-0.2, 0) is 65.2 Å². The molecule has 0 amide bonds. The number of carbonyl (C=O) groups is 4. The predicted molar refractivity (Wildman–Crippen MR) is 119 cm³/mol. The van der Waals surface area contributed by atoms with Gasteiger partial charge in [0, 0.05) is 27.7 Å². The zero-order valence-electron chi connectivity index (χ0n) is 19.6. The van der Waals surface area contributed by atoms with E-state index in [1.807, 2.05) is 0 Å². The molecule has 1 aliphatic rings. The van der Waals surface area contributed by atoms with Crippen LogP contribution in [0, 0.1) is 0 Å². The molecule has 5 atom stereocenters. The van der Waals surface area contributed by atoms with Gasteiger partial charge >= 0.3 is 46.3 Å². The zero-order chi connectivity index (χ0) is 24.1. The van der Waals surface area contributed by atoms with Crippen molar-refractivity contribution in [3.05, 3.63) is 0 Å². The van der Waals surface area contributed by atoms with Crippen molar-refractivity contribution in [3.63, 3.8) is 0 Å². The fourth-order valence-corrected chi connectivity index (χ4v) is 4.60. The van der Waals surface area contributed by atoms with Gasteiger partial charge in [0.1, 0.15) is 18.1 Å². The molecule has 0 aromatic carbocycles. The number of rotatable bonds is 8. The van der Waals surface area contributed by atoms with E-state index in [2.05, 4.69) is 33.4 Å². The second-order valence-corrected chi connectivity index (χ2v) is 10.5. The van der Waals surface area contributed by atoms with Crippen molar-refractivity contribution in [2.45, 2.75) is 78.3 Å². The summed E-state index contributed by atoms with van der Waals surface area (Å²) in [5, 5.41) is 0. The SMILES string of the molecule is CC(=O)OC[C@H]1O[C@@H](S)[C@H](OC(C)=O)[C@@H](OC(C)=O)[C@@H]1OC(C)=O.CCP(CC)CC.[Au+3]. The number of ether oxygens (including phenoxy) is 5. The van der Waals surface area contributed by atoms with Gasteiger partial charge in [-0.15, -0.1) is 20.6 Å². The Hall–Kier alpha value is -0.640. The summed E-state index contributed by atoms with van der Waals surface area (Å²) in [4.78, 5) is 45.1. The van der Waals surface area contributed by atoms with Crippen molar-refractivity contribution in [3.8, 4) is 0 Å². The Morgan fingerprint density at radius 3 is 1.50 bits per heavy atom. The molecule has 32 heavy (non-hydrogen) atoms. The molecule has 1 saturated heterocycles. The number of carbonyl (C=O) groups excluding carboxylic acids is 4. The second-order valence-electron chi connectivity index (χ2n) is 6.71. The van der Waals surface area contributed by atoms with Crippen LogP contribution in [0.3, 0.4) is 0 Å². The third-order valence-corrected chi connectivity index (χ3v) is 7.41. The predicted octanol–water partition coefficient (Wildman–Crippen LogP) is 2.52. The van der Waals surface area contributed by atoms with Crippen molar-refractivity contribution in [2.75, 3.05) is 25.1 Å². The van der Waals surface area contributed by atoms with Gasteiger partial charge in [-0.25, -0.2) is 0 Å². The summed E-state index contributed by atoms with van der Waals surface area (Å²) in [6.07, 6.45) is -0.0952. The van der Waals surface area contributed by atoms with Gasteiger partial charge in [-0.3, -0.25) is 19.2 Å². The molecule has 0 spiro atoms. The Morgan fingerprint density at radius 1 is 0.750 bits per heavy atom. The van der Waals surface area contributed by atoms with Crippen LogP contribution in [0.1, 0.15) is 48.5 Å². The smallest absolute Gasteiger partial charge is 0.463 e. The molecule has 12 heteroatoms. The molecule has 0 aromatic rings. The van der Waals surface area contributed by atoms with Crippen LogP contribution in [0.2, 0.25) is 0 Å². The topological polar surface area (TPSA) is 114 Å². The summed E-state index contributed by atoms with van der Waals surface area (Å²) >= 11 is 4.18. The normalized spacial score (nSPS) is 24.2. The van der Waals surface area contributed by atoms with E-state index >= 15 is 0 Å². The van der Waals surface area contributed by atoms with E-state index in [9.17, 15) is 19.2 Å². The molecular formula is C20H35AuO9PS+3. The van der Waals surface area contributed by atoms with Gasteiger partial charge in [0.15, 0.2) is 18.3 Å². The minimum Gasteiger partial charge on any atom is -0.463 e. The molecule has 9 nitrogen and oxygen atoms in total. The van der Waals surface area contributed by atoms with E-state index in [1.165, 1.54) is 25.4 Å². The second kappa shape index (κ2) is 17.8. The molecular weight excluding hydrogens is 644 g/mol. The van der Waals surface area contributed by atoms with E-state index < -0.39 is 53.7 Å². The van der Waals surface area contributed by atoms with Crippen LogP contribution >= 0.6 is 20.6 Å². The maximum Gasteiger partial charge on any atom is 3.00 e. The Balaban J connectivity index is 0. The van der Waals surface area contributed by atoms with Crippen molar-refractivity contribution in [2.24, 2.45) is 0 Å². The third kappa shape index (κ3) is 13.2. The average molecular weight is 679 g/mol. The summed E-state index contributed by atoms with van der Waals surface area (Å²) < 4.78 is 25.8. The van der Waals surface area contributed by atoms with Gasteiger partial charge in [0.05, 0.1) is 0 Å². The number of hydrogen-bond acceptors (Lipinski definition) is 10. The monoisotopic (exact) mass is 679 g/mol. The Bertz CT molecular complexity index is 598. The van der Waals surface area contributed by atoms with Gasteiger partial charge in [-0.1, -0.05) is 20.8 Å². The summed E-state index contributed by atoms with van der Waals surface area (Å²) in [7, 11) is 0.446. The fourth-order valence-electron chi connectivity index (χ4n) is 2.88. The first-order valence-electron chi connectivity index (χ1n) is 10.2. The zero-order valence-corrected chi connectivity index (χ0v) is 23.5. The van der Waals surface area contributed by atoms with E-state index in [1.54, 1.807) is 0 Å². The molecule has 0 saturated carbocycles. The maximum atomic E-state index is 11.4. The van der Waals surface area contributed by atoms with E-state index in [4.69, 9.17) is 23.7 Å². The number of esters is 4. The van der Waals surface area contributed by atoms with Gasteiger partial charge in [0.2, 0.25) is 0 Å². The van der Waals surface area contributed by atoms with Crippen LogP contribution in [0.5, 0.6) is 0 Å². The molecule has 1 fully saturated rings. The summed E-state index contributed by atoms with van der Waals surface area (Å²) in [5.74, 6) is -2.57. The summed E-state index contributed by atoms with van der Waals surface area (Å²) in [6.45, 7) is 11.3. The average Bonchev–Trinajstić information content (AvgIpc) is 2.66. The van der Waals surface area contributed by atoms with Crippen molar-refractivity contribution < 1.29 is 65.2 Å². The molecule has 0 aliphatic carbocycles. The van der Waals surface area contributed by atoms with Gasteiger partial charge in [-0.2, -0.15) is 0 Å². The molecule has 1 aliphatic heterocycles. The Morgan fingerprint density at radius 2 is 1.16 bits per heavy atom. The fraction of sp³-hybridized carbons (Fsp3) is 0.800. The molecule has 1 heterocycles. The van der Waals surface area contributed by atoms with Gasteiger partial charge in [-0.05, 0) is 18.5 Å². The minimum absolute atomic E-state index is 0. The number of hydrogen-bond donors (Lipinski definition) is 1. The van der Waals surface area contributed by atoms with E-state index in [0.717, 1.165) is 20.8 Å². The van der Waals surface area contributed by atoms with Gasteiger partial charge in [0.25, 0.3) is 0 Å². The molecule has 0 bridgehead atoms. The molecule has 0 aromatic heterocycles. The first-order chi connectivity index (χ1) is 14.5. The molecule has 0 N–H and O–H groups in total. The molecule has 0 unspecified atom stereocenters. The number of thiol groups is 1. The molecule has 0 radical (unpaired) electrons. The summed E-state index contributed by atoms with van der Waals surface area (Å²) in [5.41, 5.74) is -0.981. The molecule has 1 rings (SSSR count). The van der Waals surface area contributed by atoms with Crippen LogP contribution in [0.4, 0.5) is 0 Å². The van der Waals surface area contributed by atoms with Crippen LogP contribution in [0.25, 0.3) is 0 Å². The van der Waals surface area contributed by atoms with Crippen molar-refractivity contribution in [1.82, 2.24) is 0 Å². The van der Waals surface area contributed by atoms with Crippen LogP contribution < -0.4 is 0 Å². The van der Waals surface area contributed by atoms with Crippen LogP contribution in [-0.4, -0.2) is 78.8 Å². The Labute approximate surface area is 212 Å². The quantitative estimate of drug-likeness (QED) is 0.136. The van der Waals surface area contributed by atoms with E-state index in [-0.39, 0.29) is 29.0 Å². The molecule has 188 valence electrons. The van der Waals surface area contributed by atoms with Gasteiger partial charge < -0.3 is 23.7 Å². The largest absolute Gasteiger partial charge is 3.00 e. The van der Waals surface area contributed by atoms with Crippen LogP contribution in [0.15, 0.2) is 0 Å².